The van der Waals surface area contributed by atoms with Gasteiger partial charge in [-0.2, -0.15) is 10.2 Å². The highest BCUT2D eigenvalue weighted by Crippen LogP contribution is 2.24. The van der Waals surface area contributed by atoms with Crippen LogP contribution in [0.15, 0.2) is 49.3 Å². The molecule has 31 heavy (non-hydrogen) atoms. The second-order valence-electron chi connectivity index (χ2n) is 7.86. The van der Waals surface area contributed by atoms with E-state index in [-0.39, 0.29) is 5.91 Å². The summed E-state index contributed by atoms with van der Waals surface area (Å²) in [6.45, 7) is -0.314. The van der Waals surface area contributed by atoms with Crippen LogP contribution in [0.25, 0.3) is 22.0 Å². The van der Waals surface area contributed by atoms with Crippen LogP contribution in [-0.2, 0) is 6.98 Å². The molecule has 0 radical (unpaired) electrons. The fourth-order valence-electron chi connectivity index (χ4n) is 3.83. The fraction of sp³-hybridized carbons (Fsp3) is 0.318. The second-order valence-corrected chi connectivity index (χ2v) is 7.86. The highest BCUT2D eigenvalue weighted by atomic mass is 16.1. The number of carbonyl (C=O) groups excluding carboxylic acids is 1. The molecule has 0 saturated carbocycles. The molecule has 0 unspecified atom stereocenters. The minimum Gasteiger partial charge on any atom is -0.306 e. The van der Waals surface area contributed by atoms with Crippen molar-refractivity contribution in [3.8, 4) is 11.1 Å². The average Bonchev–Trinajstić information content (AvgIpc) is 3.49. The van der Waals surface area contributed by atoms with E-state index in [2.05, 4.69) is 37.4 Å². The van der Waals surface area contributed by atoms with E-state index in [0.29, 0.717) is 34.1 Å². The predicted molar refractivity (Wildman–Crippen MR) is 118 cm³/mol. The van der Waals surface area contributed by atoms with Gasteiger partial charge in [-0.25, -0.2) is 4.98 Å². The molecule has 0 bridgehead atoms. The van der Waals surface area contributed by atoms with Gasteiger partial charge in [0, 0.05) is 46.2 Å². The molecule has 5 heterocycles. The predicted octanol–water partition coefficient (Wildman–Crippen LogP) is 2.75. The van der Waals surface area contributed by atoms with E-state index in [1.54, 1.807) is 30.9 Å². The van der Waals surface area contributed by atoms with Crippen molar-refractivity contribution in [1.82, 2.24) is 34.4 Å². The summed E-state index contributed by atoms with van der Waals surface area (Å²) in [5.41, 5.74) is 2.48. The van der Waals surface area contributed by atoms with Gasteiger partial charge in [0.25, 0.3) is 5.91 Å². The average molecular weight is 420 g/mol. The first kappa shape index (κ1) is 16.1. The lowest BCUT2D eigenvalue weighted by atomic mass is 10.1. The molecular formula is C22H24N8O. The number of amides is 1. The van der Waals surface area contributed by atoms with Gasteiger partial charge >= 0.3 is 0 Å². The number of hydrogen-bond acceptors (Lipinski definition) is 6. The molecule has 0 aromatic carbocycles. The molecule has 0 aliphatic carbocycles. The van der Waals surface area contributed by atoms with Crippen molar-refractivity contribution in [2.75, 3.05) is 25.5 Å². The van der Waals surface area contributed by atoms with Crippen molar-refractivity contribution in [2.24, 2.45) is 6.98 Å². The summed E-state index contributed by atoms with van der Waals surface area (Å²) in [5.74, 6) is 0.107. The first-order valence-corrected chi connectivity index (χ1v) is 10.1. The summed E-state index contributed by atoms with van der Waals surface area (Å²) in [7, 11) is 2.11. The minimum absolute atomic E-state index is 0.283. The van der Waals surface area contributed by atoms with E-state index in [9.17, 15) is 4.79 Å². The molecule has 1 N–H and O–H groups in total. The number of likely N-dealkylation sites (tertiary alicyclic amines) is 1. The van der Waals surface area contributed by atoms with Crippen molar-refractivity contribution in [1.29, 1.82) is 0 Å². The van der Waals surface area contributed by atoms with E-state index in [4.69, 9.17) is 4.11 Å². The zero-order chi connectivity index (χ0) is 23.9. The number of pyridine rings is 2. The smallest absolute Gasteiger partial charge is 0.260 e. The van der Waals surface area contributed by atoms with Crippen LogP contribution in [0, 0.1) is 0 Å². The third kappa shape index (κ3) is 4.04. The Kier molecular flexibility index (Phi) is 4.12. The zero-order valence-corrected chi connectivity index (χ0v) is 17.1. The summed E-state index contributed by atoms with van der Waals surface area (Å²) < 4.78 is 25.2. The molecular weight excluding hydrogens is 392 g/mol. The number of nitrogens with one attached hydrogen (secondary N) is 1. The maximum Gasteiger partial charge on any atom is 0.260 e. The maximum absolute atomic E-state index is 12.8. The van der Waals surface area contributed by atoms with Gasteiger partial charge in [-0.05, 0) is 45.1 Å². The van der Waals surface area contributed by atoms with Gasteiger partial charge in [-0.3, -0.25) is 19.1 Å². The number of anilines is 1. The largest absolute Gasteiger partial charge is 0.306 e. The summed E-state index contributed by atoms with van der Waals surface area (Å²) >= 11 is 0. The number of rotatable bonds is 4. The molecule has 9 heteroatoms. The zero-order valence-electron chi connectivity index (χ0n) is 20.1. The number of piperidine rings is 1. The summed E-state index contributed by atoms with van der Waals surface area (Å²) in [6, 6.07) is 3.90. The molecule has 9 nitrogen and oxygen atoms in total. The molecule has 1 aliphatic heterocycles. The van der Waals surface area contributed by atoms with E-state index in [1.807, 2.05) is 10.7 Å². The van der Waals surface area contributed by atoms with Gasteiger partial charge in [-0.1, -0.05) is 0 Å². The van der Waals surface area contributed by atoms with Crippen LogP contribution < -0.4 is 5.32 Å². The topological polar surface area (TPSA) is 93.8 Å². The quantitative estimate of drug-likeness (QED) is 0.547. The molecule has 158 valence electrons. The summed E-state index contributed by atoms with van der Waals surface area (Å²) in [5, 5.41) is 11.9. The van der Waals surface area contributed by atoms with E-state index >= 15 is 0 Å². The monoisotopic (exact) mass is 419 g/mol. The second kappa shape index (κ2) is 7.92. The highest BCUT2D eigenvalue weighted by molar-refractivity contribution is 6.04. The minimum atomic E-state index is -2.34. The molecule has 1 amide bonds. The number of fused-ring (bicyclic) bond motifs is 1. The van der Waals surface area contributed by atoms with Gasteiger partial charge in [0.15, 0.2) is 0 Å². The van der Waals surface area contributed by atoms with E-state index < -0.39 is 6.98 Å². The van der Waals surface area contributed by atoms with Crippen LogP contribution in [0.4, 0.5) is 5.82 Å². The number of hydrogen-bond donors (Lipinski definition) is 1. The molecule has 1 fully saturated rings. The Morgan fingerprint density at radius 3 is 2.74 bits per heavy atom. The third-order valence-corrected chi connectivity index (χ3v) is 5.65. The van der Waals surface area contributed by atoms with Crippen LogP contribution >= 0.6 is 0 Å². The fourth-order valence-corrected chi connectivity index (χ4v) is 3.83. The van der Waals surface area contributed by atoms with Crippen LogP contribution in [0.3, 0.4) is 0 Å². The van der Waals surface area contributed by atoms with Crippen LogP contribution in [0.5, 0.6) is 0 Å². The van der Waals surface area contributed by atoms with E-state index in [1.165, 1.54) is 12.4 Å². The Balaban J connectivity index is 1.33. The lowest BCUT2D eigenvalue weighted by Gasteiger charge is -2.28. The van der Waals surface area contributed by atoms with Crippen molar-refractivity contribution in [3.05, 3.63) is 54.9 Å². The van der Waals surface area contributed by atoms with E-state index in [0.717, 1.165) is 36.0 Å². The molecule has 0 atom stereocenters. The Bertz CT molecular complexity index is 1340. The standard InChI is InChI=1S/C22H24N8O/c1-28-5-3-19(4-6-28)30-14-18(11-26-30)22(31)27-21-8-15-7-16(9-23-20(15)12-24-21)17-10-25-29(2)13-17/h7-14,19H,3-6H2,1-2H3,(H,24,27,31)/i2D3. The van der Waals surface area contributed by atoms with Crippen molar-refractivity contribution >= 4 is 22.6 Å². The van der Waals surface area contributed by atoms with Crippen LogP contribution in [0.2, 0.25) is 0 Å². The lowest BCUT2D eigenvalue weighted by molar-refractivity contribution is 0.102. The molecule has 1 saturated heterocycles. The Morgan fingerprint density at radius 2 is 1.94 bits per heavy atom. The number of carbonyl (C=O) groups is 1. The molecule has 5 rings (SSSR count). The third-order valence-electron chi connectivity index (χ3n) is 5.65. The van der Waals surface area contributed by atoms with Gasteiger partial charge < -0.3 is 10.2 Å². The van der Waals surface area contributed by atoms with Crippen molar-refractivity contribution < 1.29 is 8.91 Å². The first-order valence-electron chi connectivity index (χ1n) is 11.6. The molecule has 1 aliphatic rings. The van der Waals surface area contributed by atoms with Crippen molar-refractivity contribution in [3.63, 3.8) is 0 Å². The van der Waals surface area contributed by atoms with Gasteiger partial charge in [0.2, 0.25) is 0 Å². The van der Waals surface area contributed by atoms with Gasteiger partial charge in [-0.15, -0.1) is 0 Å². The van der Waals surface area contributed by atoms with Gasteiger partial charge in [0.1, 0.15) is 5.82 Å². The maximum atomic E-state index is 12.8. The Labute approximate surface area is 183 Å². The normalized spacial score (nSPS) is 17.3. The SMILES string of the molecule is [2H]C([2H])([2H])n1cc(-c2cnc3cnc(NC(=O)c4cnn(C5CCN(C)CC5)c4)cc3c2)cn1. The lowest BCUT2D eigenvalue weighted by Crippen LogP contribution is -2.31. The number of aromatic nitrogens is 6. The van der Waals surface area contributed by atoms with Crippen LogP contribution in [0.1, 0.15) is 33.4 Å². The molecule has 4 aromatic heterocycles. The number of aryl methyl sites for hydroxylation is 1. The number of nitrogens with zero attached hydrogens (tertiary/aromatic N) is 7. The summed E-state index contributed by atoms with van der Waals surface area (Å²) in [4.78, 5) is 23.8. The highest BCUT2D eigenvalue weighted by Gasteiger charge is 2.20. The Hall–Kier alpha value is -3.59. The van der Waals surface area contributed by atoms with Crippen molar-refractivity contribution in [2.45, 2.75) is 18.9 Å². The van der Waals surface area contributed by atoms with Crippen LogP contribution in [-0.4, -0.2) is 60.5 Å². The molecule has 4 aromatic rings. The summed E-state index contributed by atoms with van der Waals surface area (Å²) in [6.07, 6.45) is 11.6. The Morgan fingerprint density at radius 1 is 1.06 bits per heavy atom. The molecule has 0 spiro atoms. The first-order chi connectivity index (χ1) is 16.3. The van der Waals surface area contributed by atoms with Gasteiger partial charge in [0.05, 0.1) is 35.7 Å².